The van der Waals surface area contributed by atoms with Crippen LogP contribution in [0.15, 0.2) is 0 Å². The fourth-order valence-electron chi connectivity index (χ4n) is 3.24. The van der Waals surface area contributed by atoms with Crippen LogP contribution in [0.4, 0.5) is 0 Å². The van der Waals surface area contributed by atoms with Crippen molar-refractivity contribution >= 4 is 5.91 Å². The maximum atomic E-state index is 12.0. The zero-order valence-corrected chi connectivity index (χ0v) is 13.2. The van der Waals surface area contributed by atoms with Crippen LogP contribution in [0.1, 0.15) is 45.4 Å². The van der Waals surface area contributed by atoms with Gasteiger partial charge in [0.25, 0.3) is 0 Å². The molecule has 0 aromatic carbocycles. The molecule has 0 aromatic heterocycles. The lowest BCUT2D eigenvalue weighted by molar-refractivity contribution is -0.122. The summed E-state index contributed by atoms with van der Waals surface area (Å²) in [6.45, 7) is 7.71. The molecule has 0 bridgehead atoms. The van der Waals surface area contributed by atoms with Crippen molar-refractivity contribution < 1.29 is 4.79 Å². The normalized spacial score (nSPS) is 27.2. The van der Waals surface area contributed by atoms with Gasteiger partial charge in [-0.25, -0.2) is 0 Å². The van der Waals surface area contributed by atoms with E-state index >= 15 is 0 Å². The van der Waals surface area contributed by atoms with Crippen LogP contribution in [0.3, 0.4) is 0 Å². The Labute approximate surface area is 123 Å². The van der Waals surface area contributed by atoms with E-state index in [1.54, 1.807) is 0 Å². The first-order valence-corrected chi connectivity index (χ1v) is 8.23. The van der Waals surface area contributed by atoms with E-state index in [0.29, 0.717) is 17.8 Å². The van der Waals surface area contributed by atoms with Crippen LogP contribution in [0.2, 0.25) is 0 Å². The molecule has 116 valence electrons. The van der Waals surface area contributed by atoms with E-state index in [-0.39, 0.29) is 5.91 Å². The summed E-state index contributed by atoms with van der Waals surface area (Å²) >= 11 is 0. The van der Waals surface area contributed by atoms with Crippen molar-refractivity contribution in [2.24, 2.45) is 11.3 Å². The second kappa shape index (κ2) is 7.41. The number of hydrogen-bond donors (Lipinski definition) is 2. The van der Waals surface area contributed by atoms with Crippen molar-refractivity contribution in [1.82, 2.24) is 15.5 Å². The molecular formula is C16H31N3O. The standard InChI is InChI=1S/C16H31N3O/c1-16(7-10-19(2)11-8-16)13-18-15(20)6-5-14-4-3-9-17-12-14/h14,17H,3-13H2,1-2H3,(H,18,20). The quantitative estimate of drug-likeness (QED) is 0.805. The molecule has 2 rings (SSSR count). The summed E-state index contributed by atoms with van der Waals surface area (Å²) in [5.41, 5.74) is 0.300. The minimum absolute atomic E-state index is 0.246. The van der Waals surface area contributed by atoms with Gasteiger partial charge in [-0.3, -0.25) is 4.79 Å². The molecule has 4 heteroatoms. The Morgan fingerprint density at radius 1 is 1.40 bits per heavy atom. The number of piperidine rings is 2. The highest BCUT2D eigenvalue weighted by Gasteiger charge is 2.29. The molecule has 0 aliphatic carbocycles. The molecule has 0 radical (unpaired) electrons. The van der Waals surface area contributed by atoms with Gasteiger partial charge >= 0.3 is 0 Å². The molecule has 0 spiro atoms. The molecule has 1 amide bonds. The fraction of sp³-hybridized carbons (Fsp3) is 0.938. The van der Waals surface area contributed by atoms with Crippen molar-refractivity contribution in [3.05, 3.63) is 0 Å². The molecule has 2 aliphatic heterocycles. The third kappa shape index (κ3) is 5.06. The van der Waals surface area contributed by atoms with Crippen molar-refractivity contribution in [3.8, 4) is 0 Å². The monoisotopic (exact) mass is 281 g/mol. The predicted octanol–water partition coefficient (Wildman–Crippen LogP) is 1.61. The molecule has 0 saturated carbocycles. The third-order valence-corrected chi connectivity index (χ3v) is 5.09. The maximum absolute atomic E-state index is 12.0. The Morgan fingerprint density at radius 2 is 2.15 bits per heavy atom. The molecule has 2 N–H and O–H groups in total. The van der Waals surface area contributed by atoms with Crippen LogP contribution in [-0.4, -0.2) is 50.6 Å². The van der Waals surface area contributed by atoms with Crippen LogP contribution in [0, 0.1) is 11.3 Å². The average Bonchev–Trinajstić information content (AvgIpc) is 2.48. The number of carbonyl (C=O) groups is 1. The number of nitrogens with zero attached hydrogens (tertiary/aromatic N) is 1. The lowest BCUT2D eigenvalue weighted by atomic mass is 9.80. The molecule has 2 saturated heterocycles. The van der Waals surface area contributed by atoms with Gasteiger partial charge in [0.1, 0.15) is 0 Å². The van der Waals surface area contributed by atoms with Crippen LogP contribution in [0.5, 0.6) is 0 Å². The zero-order valence-electron chi connectivity index (χ0n) is 13.2. The van der Waals surface area contributed by atoms with Crippen molar-refractivity contribution in [2.45, 2.75) is 45.4 Å². The van der Waals surface area contributed by atoms with Crippen LogP contribution >= 0.6 is 0 Å². The predicted molar refractivity (Wildman–Crippen MR) is 82.7 cm³/mol. The number of nitrogens with one attached hydrogen (secondary N) is 2. The van der Waals surface area contributed by atoms with E-state index in [9.17, 15) is 4.79 Å². The van der Waals surface area contributed by atoms with Gasteiger partial charge in [-0.1, -0.05) is 6.92 Å². The van der Waals surface area contributed by atoms with Gasteiger partial charge in [0.2, 0.25) is 5.91 Å². The lowest BCUT2D eigenvalue weighted by Crippen LogP contribution is -2.43. The number of hydrogen-bond acceptors (Lipinski definition) is 3. The van der Waals surface area contributed by atoms with Crippen LogP contribution in [-0.2, 0) is 4.79 Å². The van der Waals surface area contributed by atoms with E-state index in [4.69, 9.17) is 0 Å². The Bertz CT molecular complexity index is 305. The summed E-state index contributed by atoms with van der Waals surface area (Å²) in [6, 6.07) is 0. The van der Waals surface area contributed by atoms with Crippen molar-refractivity contribution in [3.63, 3.8) is 0 Å². The summed E-state index contributed by atoms with van der Waals surface area (Å²) in [5.74, 6) is 0.948. The molecular weight excluding hydrogens is 250 g/mol. The van der Waals surface area contributed by atoms with E-state index in [0.717, 1.165) is 39.1 Å². The van der Waals surface area contributed by atoms with E-state index in [1.807, 2.05) is 0 Å². The van der Waals surface area contributed by atoms with E-state index in [2.05, 4.69) is 29.5 Å². The lowest BCUT2D eigenvalue weighted by Gasteiger charge is -2.38. The summed E-state index contributed by atoms with van der Waals surface area (Å²) < 4.78 is 0. The molecule has 2 heterocycles. The van der Waals surface area contributed by atoms with Crippen molar-refractivity contribution in [1.29, 1.82) is 0 Å². The van der Waals surface area contributed by atoms with Gasteiger partial charge in [-0.15, -0.1) is 0 Å². The van der Waals surface area contributed by atoms with Gasteiger partial charge in [-0.05, 0) is 76.7 Å². The second-order valence-corrected chi connectivity index (χ2v) is 7.14. The Balaban J connectivity index is 1.62. The van der Waals surface area contributed by atoms with E-state index < -0.39 is 0 Å². The summed E-state index contributed by atoms with van der Waals surface area (Å²) in [6.07, 6.45) is 6.66. The highest BCUT2D eigenvalue weighted by Crippen LogP contribution is 2.29. The van der Waals surface area contributed by atoms with E-state index in [1.165, 1.54) is 25.7 Å². The number of likely N-dealkylation sites (tertiary alicyclic amines) is 1. The summed E-state index contributed by atoms with van der Waals surface area (Å²) in [5, 5.41) is 6.59. The average molecular weight is 281 g/mol. The topological polar surface area (TPSA) is 44.4 Å². The second-order valence-electron chi connectivity index (χ2n) is 7.14. The van der Waals surface area contributed by atoms with Gasteiger partial charge < -0.3 is 15.5 Å². The molecule has 0 aromatic rings. The maximum Gasteiger partial charge on any atom is 0.220 e. The minimum Gasteiger partial charge on any atom is -0.356 e. The Hall–Kier alpha value is -0.610. The van der Waals surface area contributed by atoms with Crippen LogP contribution in [0.25, 0.3) is 0 Å². The molecule has 1 atom stereocenters. The summed E-state index contributed by atoms with van der Waals surface area (Å²) in [7, 11) is 2.18. The Morgan fingerprint density at radius 3 is 2.80 bits per heavy atom. The fourth-order valence-corrected chi connectivity index (χ4v) is 3.24. The highest BCUT2D eigenvalue weighted by atomic mass is 16.1. The minimum atomic E-state index is 0.246. The number of rotatable bonds is 5. The smallest absolute Gasteiger partial charge is 0.220 e. The summed E-state index contributed by atoms with van der Waals surface area (Å²) in [4.78, 5) is 14.4. The van der Waals surface area contributed by atoms with Gasteiger partial charge in [-0.2, -0.15) is 0 Å². The highest BCUT2D eigenvalue weighted by molar-refractivity contribution is 5.75. The molecule has 20 heavy (non-hydrogen) atoms. The number of amides is 1. The first-order chi connectivity index (χ1) is 9.57. The first-order valence-electron chi connectivity index (χ1n) is 8.23. The molecule has 2 fully saturated rings. The first kappa shape index (κ1) is 15.8. The molecule has 1 unspecified atom stereocenters. The SMILES string of the molecule is CN1CCC(C)(CNC(=O)CCC2CCCNC2)CC1. The third-order valence-electron chi connectivity index (χ3n) is 5.09. The number of carbonyl (C=O) groups excluding carboxylic acids is 1. The van der Waals surface area contributed by atoms with Gasteiger partial charge in [0.15, 0.2) is 0 Å². The zero-order chi connectivity index (χ0) is 14.4. The molecule has 2 aliphatic rings. The van der Waals surface area contributed by atoms with Gasteiger partial charge in [0, 0.05) is 13.0 Å². The Kier molecular flexibility index (Phi) is 5.85. The molecule has 4 nitrogen and oxygen atoms in total. The van der Waals surface area contributed by atoms with Crippen LogP contribution < -0.4 is 10.6 Å². The van der Waals surface area contributed by atoms with Gasteiger partial charge in [0.05, 0.1) is 0 Å². The largest absolute Gasteiger partial charge is 0.356 e. The van der Waals surface area contributed by atoms with Crippen molar-refractivity contribution in [2.75, 3.05) is 39.8 Å².